The largest absolute Gasteiger partial charge is 1.00 e. The van der Waals surface area contributed by atoms with Crippen molar-refractivity contribution in [2.45, 2.75) is 120 Å². The topological polar surface area (TPSA) is 103 Å². The van der Waals surface area contributed by atoms with Gasteiger partial charge in [0.2, 0.25) is 5.82 Å². The molecular weight excluding hydrogens is 566 g/mol. The average molecular weight is 620 g/mol. The number of nitrogens with zero attached hydrogens (tertiary/aromatic N) is 3. The molecule has 0 spiro atoms. The number of hydrogen-bond donors (Lipinski definition) is 2. The summed E-state index contributed by atoms with van der Waals surface area (Å²) in [6.45, 7) is 23.1. The van der Waals surface area contributed by atoms with Crippen LogP contribution >= 0.6 is 0 Å². The Morgan fingerprint density at radius 1 is 1.07 bits per heavy atom. The summed E-state index contributed by atoms with van der Waals surface area (Å²) in [5.41, 5.74) is -0.634. The molecule has 1 unspecified atom stereocenters. The van der Waals surface area contributed by atoms with Crippen LogP contribution in [0, 0.1) is 0 Å². The number of ether oxygens (including phenoxy) is 2. The van der Waals surface area contributed by atoms with E-state index in [4.69, 9.17) is 13.9 Å². The maximum atomic E-state index is 13.5. The molecule has 0 amide bonds. The molecule has 0 bridgehead atoms. The second kappa shape index (κ2) is 11.5. The van der Waals surface area contributed by atoms with E-state index < -0.39 is 45.4 Å². The molecule has 40 heavy (non-hydrogen) atoms. The highest BCUT2D eigenvalue weighted by molar-refractivity contribution is 6.83. The van der Waals surface area contributed by atoms with E-state index in [-0.39, 0.29) is 29.1 Å². The summed E-state index contributed by atoms with van der Waals surface area (Å²) in [6.07, 6.45) is 2.73. The smallest absolute Gasteiger partial charge is 0.356 e. The van der Waals surface area contributed by atoms with Crippen LogP contribution in [0.3, 0.4) is 0 Å². The van der Waals surface area contributed by atoms with Gasteiger partial charge in [0.25, 0.3) is 5.91 Å². The van der Waals surface area contributed by atoms with Gasteiger partial charge in [0, 0.05) is 19.4 Å². The van der Waals surface area contributed by atoms with Crippen LogP contribution in [0.15, 0.2) is 17.1 Å². The van der Waals surface area contributed by atoms with E-state index in [0.29, 0.717) is 10.3 Å². The first-order valence-electron chi connectivity index (χ1n) is 14.3. The van der Waals surface area contributed by atoms with E-state index in [1.54, 1.807) is 6.07 Å². The predicted molar refractivity (Wildman–Crippen MR) is 161 cm³/mol. The van der Waals surface area contributed by atoms with Gasteiger partial charge in [0.1, 0.15) is 11.3 Å². The summed E-state index contributed by atoms with van der Waals surface area (Å²) in [4.78, 5) is 18.0. The highest BCUT2D eigenvalue weighted by atomic mass is 35.5. The van der Waals surface area contributed by atoms with E-state index in [9.17, 15) is 15.0 Å². The Hall–Kier alpha value is -0.636. The number of hydrogen-bond acceptors (Lipinski definition) is 7. The van der Waals surface area contributed by atoms with E-state index in [2.05, 4.69) is 79.8 Å². The third-order valence-electron chi connectivity index (χ3n) is 10.6. The number of quaternary nitrogens is 1. The van der Waals surface area contributed by atoms with Crippen LogP contribution in [0.25, 0.3) is 0 Å². The summed E-state index contributed by atoms with van der Waals surface area (Å²) in [5.74, 6) is -1.59. The number of methoxy groups -OCH3 is 1. The Morgan fingerprint density at radius 2 is 1.62 bits per heavy atom. The third-order valence-corrected chi connectivity index (χ3v) is 21.4. The lowest BCUT2D eigenvalue weighted by Gasteiger charge is -2.51. The molecule has 1 aromatic rings. The van der Waals surface area contributed by atoms with Crippen molar-refractivity contribution in [1.29, 1.82) is 0 Å². The van der Waals surface area contributed by atoms with Gasteiger partial charge in [0.15, 0.2) is 14.4 Å². The number of likely N-dealkylation sites (tertiary alicyclic amines) is 1. The summed E-state index contributed by atoms with van der Waals surface area (Å²) in [7, 11) is -1.42. The summed E-state index contributed by atoms with van der Waals surface area (Å²) in [5, 5.41) is 23.0. The molecule has 0 aromatic carbocycles. The Morgan fingerprint density at radius 3 is 2.08 bits per heavy atom. The summed E-state index contributed by atoms with van der Waals surface area (Å²) >= 11 is 0. The van der Waals surface area contributed by atoms with E-state index in [1.165, 1.54) is 19.7 Å². The highest BCUT2D eigenvalue weighted by Gasteiger charge is 2.73. The molecule has 12 heteroatoms. The van der Waals surface area contributed by atoms with Crippen LogP contribution in [0.2, 0.25) is 36.3 Å². The number of aliphatic hydroxyl groups is 2. The van der Waals surface area contributed by atoms with Crippen LogP contribution in [-0.4, -0.2) is 87.4 Å². The van der Waals surface area contributed by atoms with Crippen molar-refractivity contribution in [1.82, 2.24) is 14.0 Å². The van der Waals surface area contributed by atoms with Gasteiger partial charge in [-0.2, -0.15) is 0 Å². The van der Waals surface area contributed by atoms with Crippen molar-refractivity contribution >= 4 is 22.2 Å². The van der Waals surface area contributed by atoms with Crippen molar-refractivity contribution in [3.05, 3.63) is 22.7 Å². The fraction of sp³-hybridized carbons (Fsp3) is 0.857. The quantitative estimate of drug-likeness (QED) is 0.349. The van der Waals surface area contributed by atoms with Crippen LogP contribution in [0.1, 0.15) is 60.8 Å². The Balaban J connectivity index is 0.00000560. The summed E-state index contributed by atoms with van der Waals surface area (Å²) in [6, 6.07) is 1.78. The highest BCUT2D eigenvalue weighted by Crippen LogP contribution is 2.54. The molecule has 2 saturated heterocycles. The monoisotopic (exact) mass is 619 g/mol. The first-order valence-corrected chi connectivity index (χ1v) is 20.2. The van der Waals surface area contributed by atoms with Crippen LogP contribution < -0.4 is 22.6 Å². The second-order valence-corrected chi connectivity index (χ2v) is 25.4. The number of rotatable bonds is 7. The second-order valence-electron chi connectivity index (χ2n) is 15.0. The van der Waals surface area contributed by atoms with E-state index >= 15 is 0 Å². The minimum Gasteiger partial charge on any atom is -1.00 e. The fourth-order valence-corrected chi connectivity index (χ4v) is 9.81. The zero-order chi connectivity index (χ0) is 29.9. The molecule has 2 fully saturated rings. The first kappa shape index (κ1) is 35.6. The predicted octanol–water partition coefficient (Wildman–Crippen LogP) is 1.19. The minimum absolute atomic E-state index is 0. The number of halogens is 1. The normalized spacial score (nSPS) is 29.8. The lowest BCUT2D eigenvalue weighted by atomic mass is 10.1. The maximum absolute atomic E-state index is 13.5. The molecule has 2 aliphatic heterocycles. The van der Waals surface area contributed by atoms with Gasteiger partial charge in [-0.3, -0.25) is 4.48 Å². The van der Waals surface area contributed by atoms with E-state index in [1.807, 2.05) is 0 Å². The van der Waals surface area contributed by atoms with Gasteiger partial charge in [-0.05, 0) is 42.4 Å². The summed E-state index contributed by atoms with van der Waals surface area (Å²) < 4.78 is 20.5. The molecule has 232 valence electrons. The minimum atomic E-state index is -2.73. The molecule has 2 aliphatic rings. The molecule has 3 heterocycles. The fourth-order valence-electron chi connectivity index (χ4n) is 5.70. The SMILES string of the molecule is CO[C@H]1C(O)(n2ccc([N+]3(C)CCCCC3)nc2=O)O[C@H](CO[Si](C)(C)C(C)(C)C)[C@]1(O)[Si](C)(C)C(C)(C)C.[Cl-]. The van der Waals surface area contributed by atoms with Gasteiger partial charge >= 0.3 is 5.69 Å². The van der Waals surface area contributed by atoms with Crippen molar-refractivity contribution in [3.8, 4) is 0 Å². The van der Waals surface area contributed by atoms with Crippen molar-refractivity contribution in [3.63, 3.8) is 0 Å². The van der Waals surface area contributed by atoms with Crippen LogP contribution in [-0.2, 0) is 19.8 Å². The Labute approximate surface area is 249 Å². The standard InChI is InChI=1S/C28H54N3O6Si2.ClH/c1-25(2,3)38(9,10)27(33)21(20-36-39(11,12)26(4,5)6)37-28(34,23(27)35-8)30-17-16-22(29-24(30)32)31(7)18-14-13-15-19-31;/h16-17,21,23,33-34H,13-15,18-20H2,1-12H3;1H/q+1;/p-1/t21-,23-,27+,28?;/m1./s1. The number of piperidine rings is 1. The van der Waals surface area contributed by atoms with Gasteiger partial charge in [-0.25, -0.2) is 9.36 Å². The van der Waals surface area contributed by atoms with Gasteiger partial charge in [-0.15, -0.1) is 4.98 Å². The average Bonchev–Trinajstić information content (AvgIpc) is 3.04. The maximum Gasteiger partial charge on any atom is 0.356 e. The molecule has 9 nitrogen and oxygen atoms in total. The van der Waals surface area contributed by atoms with Crippen LogP contribution in [0.5, 0.6) is 0 Å². The van der Waals surface area contributed by atoms with Crippen molar-refractivity contribution in [2.75, 3.05) is 33.9 Å². The Kier molecular flexibility index (Phi) is 10.2. The Bertz CT molecular complexity index is 1100. The van der Waals surface area contributed by atoms with Gasteiger partial charge < -0.3 is 36.5 Å². The van der Waals surface area contributed by atoms with E-state index in [0.717, 1.165) is 30.5 Å². The first-order chi connectivity index (χ1) is 17.6. The van der Waals surface area contributed by atoms with Gasteiger partial charge in [0.05, 0.1) is 34.8 Å². The molecule has 1 aromatic heterocycles. The zero-order valence-electron chi connectivity index (χ0n) is 26.8. The molecule has 0 saturated carbocycles. The van der Waals surface area contributed by atoms with Crippen molar-refractivity contribution < 1.29 is 36.5 Å². The molecular formula is C28H54ClN3O6Si2. The van der Waals surface area contributed by atoms with Crippen molar-refractivity contribution in [2.24, 2.45) is 0 Å². The molecule has 0 radical (unpaired) electrons. The molecule has 2 N–H and O–H groups in total. The lowest BCUT2D eigenvalue weighted by molar-refractivity contribution is -0.295. The number of aromatic nitrogens is 2. The lowest BCUT2D eigenvalue weighted by Crippen LogP contribution is -3.00. The van der Waals surface area contributed by atoms with Gasteiger partial charge in [-0.1, -0.05) is 54.6 Å². The molecule has 4 atom stereocenters. The molecule has 3 rings (SSSR count). The third kappa shape index (κ3) is 5.79. The zero-order valence-corrected chi connectivity index (χ0v) is 29.6. The van der Waals surface area contributed by atoms with Crippen LogP contribution in [0.4, 0.5) is 5.82 Å². The molecule has 0 aliphatic carbocycles.